The fourth-order valence-electron chi connectivity index (χ4n) is 0.918. The number of rotatable bonds is 4. The van der Waals surface area contributed by atoms with Crippen molar-refractivity contribution in [3.05, 3.63) is 30.3 Å². The molecule has 1 atom stereocenters. The molecule has 2 N–H and O–H groups in total. The fraction of sp³-hybridized carbons (Fsp3) is 0.300. The first-order valence-corrected chi connectivity index (χ1v) is 5.26. The zero-order valence-electron chi connectivity index (χ0n) is 7.97. The van der Waals surface area contributed by atoms with E-state index in [1.165, 1.54) is 11.8 Å². The number of carbonyl (C=O) groups excluding carboxylic acids is 1. The lowest BCUT2D eigenvalue weighted by molar-refractivity contribution is -0.142. The lowest BCUT2D eigenvalue weighted by atomic mass is 10.4. The number of thioether (sulfide) groups is 1. The van der Waals surface area contributed by atoms with Crippen molar-refractivity contribution in [3.8, 4) is 0 Å². The first kappa shape index (κ1) is 11.1. The van der Waals surface area contributed by atoms with Gasteiger partial charge in [-0.15, -0.1) is 0 Å². The summed E-state index contributed by atoms with van der Waals surface area (Å²) in [6, 6.07) is 9.54. The molecule has 0 unspecified atom stereocenters. The average molecular weight is 211 g/mol. The molecule has 0 heterocycles. The van der Waals surface area contributed by atoms with E-state index in [-0.39, 0.29) is 5.97 Å². The van der Waals surface area contributed by atoms with E-state index >= 15 is 0 Å². The molecule has 0 aromatic heterocycles. The van der Waals surface area contributed by atoms with E-state index in [4.69, 9.17) is 10.5 Å². The van der Waals surface area contributed by atoms with Gasteiger partial charge in [-0.1, -0.05) is 30.0 Å². The van der Waals surface area contributed by atoms with Crippen LogP contribution in [0.1, 0.15) is 6.92 Å². The third-order valence-electron chi connectivity index (χ3n) is 1.53. The molecule has 1 rings (SSSR count). The molecule has 0 saturated carbocycles. The van der Waals surface area contributed by atoms with Crippen LogP contribution in [0.25, 0.3) is 0 Å². The van der Waals surface area contributed by atoms with Crippen LogP contribution in [0, 0.1) is 0 Å². The van der Waals surface area contributed by atoms with Gasteiger partial charge in [0.1, 0.15) is 0 Å². The number of hydrogen-bond donors (Lipinski definition) is 1. The second-order valence-electron chi connectivity index (χ2n) is 2.60. The summed E-state index contributed by atoms with van der Waals surface area (Å²) in [4.78, 5) is 12.1. The Morgan fingerprint density at radius 3 is 2.71 bits per heavy atom. The Hall–Kier alpha value is -1.00. The largest absolute Gasteiger partial charge is 0.464 e. The molecule has 0 aliphatic rings. The number of hydrogen-bond acceptors (Lipinski definition) is 4. The molecular weight excluding hydrogens is 198 g/mol. The molecule has 76 valence electrons. The summed E-state index contributed by atoms with van der Waals surface area (Å²) < 4.78 is 4.79. The van der Waals surface area contributed by atoms with E-state index < -0.39 is 5.37 Å². The number of esters is 1. The number of carbonyl (C=O) groups is 1. The molecular formula is C10H13NO2S. The SMILES string of the molecule is CCOC(=O)[C@H](N)Sc1ccccc1. The van der Waals surface area contributed by atoms with Gasteiger partial charge in [0.15, 0.2) is 5.37 Å². The summed E-state index contributed by atoms with van der Waals surface area (Å²) in [5.74, 6) is -0.374. The van der Waals surface area contributed by atoms with Crippen molar-refractivity contribution in [1.82, 2.24) is 0 Å². The maximum atomic E-state index is 11.2. The Balaban J connectivity index is 2.49. The minimum Gasteiger partial charge on any atom is -0.464 e. The standard InChI is InChI=1S/C10H13NO2S/c1-2-13-10(12)9(11)14-8-6-4-3-5-7-8/h3-7,9H,2,11H2,1H3/t9-/m1/s1. The number of benzene rings is 1. The van der Waals surface area contributed by atoms with Crippen LogP contribution in [0.4, 0.5) is 0 Å². The molecule has 0 bridgehead atoms. The Morgan fingerprint density at radius 2 is 2.14 bits per heavy atom. The van der Waals surface area contributed by atoms with Gasteiger partial charge in [-0.2, -0.15) is 0 Å². The maximum Gasteiger partial charge on any atom is 0.333 e. The number of nitrogens with two attached hydrogens (primary N) is 1. The van der Waals surface area contributed by atoms with Gasteiger partial charge >= 0.3 is 5.97 Å². The smallest absolute Gasteiger partial charge is 0.333 e. The van der Waals surface area contributed by atoms with Crippen LogP contribution in [0.5, 0.6) is 0 Å². The van der Waals surface area contributed by atoms with Crippen molar-refractivity contribution in [2.75, 3.05) is 6.61 Å². The molecule has 4 heteroatoms. The number of ether oxygens (including phenoxy) is 1. The van der Waals surface area contributed by atoms with E-state index in [1.54, 1.807) is 6.92 Å². The Kier molecular flexibility index (Phi) is 4.49. The van der Waals surface area contributed by atoms with Gasteiger partial charge in [0.05, 0.1) is 6.61 Å². The minimum absolute atomic E-state index is 0.363. The molecule has 0 amide bonds. The highest BCUT2D eigenvalue weighted by atomic mass is 32.2. The Morgan fingerprint density at radius 1 is 1.50 bits per heavy atom. The first-order valence-electron chi connectivity index (χ1n) is 4.38. The van der Waals surface area contributed by atoms with Crippen molar-refractivity contribution in [1.29, 1.82) is 0 Å². The van der Waals surface area contributed by atoms with Gasteiger partial charge in [-0.3, -0.25) is 0 Å². The van der Waals surface area contributed by atoms with E-state index in [0.29, 0.717) is 6.61 Å². The first-order chi connectivity index (χ1) is 6.74. The van der Waals surface area contributed by atoms with Crippen molar-refractivity contribution < 1.29 is 9.53 Å². The van der Waals surface area contributed by atoms with Gasteiger partial charge < -0.3 is 10.5 Å². The topological polar surface area (TPSA) is 52.3 Å². The molecule has 0 radical (unpaired) electrons. The zero-order chi connectivity index (χ0) is 10.4. The van der Waals surface area contributed by atoms with Crippen molar-refractivity contribution >= 4 is 17.7 Å². The predicted molar refractivity (Wildman–Crippen MR) is 56.9 cm³/mol. The highest BCUT2D eigenvalue weighted by molar-refractivity contribution is 8.00. The van der Waals surface area contributed by atoms with Crippen molar-refractivity contribution in [3.63, 3.8) is 0 Å². The molecule has 0 aliphatic heterocycles. The summed E-state index contributed by atoms with van der Waals surface area (Å²) in [5.41, 5.74) is 5.62. The molecule has 3 nitrogen and oxygen atoms in total. The van der Waals surface area contributed by atoms with Crippen LogP contribution in [0.2, 0.25) is 0 Å². The van der Waals surface area contributed by atoms with Gasteiger partial charge in [0, 0.05) is 4.90 Å². The van der Waals surface area contributed by atoms with Crippen LogP contribution in [-0.2, 0) is 9.53 Å². The van der Waals surface area contributed by atoms with E-state index in [0.717, 1.165) is 4.90 Å². The highest BCUT2D eigenvalue weighted by Gasteiger charge is 2.15. The second kappa shape index (κ2) is 5.67. The summed E-state index contributed by atoms with van der Waals surface area (Å²) in [6.45, 7) is 2.12. The van der Waals surface area contributed by atoms with Crippen LogP contribution in [0.15, 0.2) is 35.2 Å². The third-order valence-corrected chi connectivity index (χ3v) is 2.52. The van der Waals surface area contributed by atoms with Gasteiger partial charge in [0.2, 0.25) is 0 Å². The lowest BCUT2D eigenvalue weighted by Crippen LogP contribution is -2.28. The van der Waals surface area contributed by atoms with Crippen LogP contribution < -0.4 is 5.73 Å². The molecule has 1 aromatic rings. The summed E-state index contributed by atoms with van der Waals surface area (Å²) in [6.07, 6.45) is 0. The zero-order valence-corrected chi connectivity index (χ0v) is 8.79. The molecule has 0 spiro atoms. The normalized spacial score (nSPS) is 12.1. The van der Waals surface area contributed by atoms with E-state index in [2.05, 4.69) is 0 Å². The fourth-order valence-corrected chi connectivity index (χ4v) is 1.69. The van der Waals surface area contributed by atoms with E-state index in [9.17, 15) is 4.79 Å². The molecule has 0 saturated heterocycles. The summed E-state index contributed by atoms with van der Waals surface area (Å²) >= 11 is 1.29. The van der Waals surface area contributed by atoms with Gasteiger partial charge in [-0.25, -0.2) is 4.79 Å². The lowest BCUT2D eigenvalue weighted by Gasteiger charge is -2.09. The Labute approximate surface area is 87.6 Å². The van der Waals surface area contributed by atoms with Crippen LogP contribution in [0.3, 0.4) is 0 Å². The summed E-state index contributed by atoms with van der Waals surface area (Å²) in [7, 11) is 0. The molecule has 0 aliphatic carbocycles. The minimum atomic E-state index is -0.641. The average Bonchev–Trinajstić information content (AvgIpc) is 2.19. The quantitative estimate of drug-likeness (QED) is 0.467. The second-order valence-corrected chi connectivity index (χ2v) is 3.82. The summed E-state index contributed by atoms with van der Waals surface area (Å²) in [5, 5.41) is -0.641. The van der Waals surface area contributed by atoms with Crippen molar-refractivity contribution in [2.45, 2.75) is 17.2 Å². The predicted octanol–water partition coefficient (Wildman–Crippen LogP) is 1.63. The molecule has 14 heavy (non-hydrogen) atoms. The van der Waals surface area contributed by atoms with Crippen LogP contribution in [-0.4, -0.2) is 18.0 Å². The third kappa shape index (κ3) is 3.40. The van der Waals surface area contributed by atoms with Crippen LogP contribution >= 0.6 is 11.8 Å². The Bertz CT molecular complexity index is 289. The van der Waals surface area contributed by atoms with Crippen molar-refractivity contribution in [2.24, 2.45) is 5.73 Å². The molecule has 1 aromatic carbocycles. The highest BCUT2D eigenvalue weighted by Crippen LogP contribution is 2.20. The maximum absolute atomic E-state index is 11.2. The van der Waals surface area contributed by atoms with Gasteiger partial charge in [0.25, 0.3) is 0 Å². The van der Waals surface area contributed by atoms with E-state index in [1.807, 2.05) is 30.3 Å². The monoisotopic (exact) mass is 211 g/mol. The molecule has 0 fully saturated rings. The van der Waals surface area contributed by atoms with Gasteiger partial charge in [-0.05, 0) is 19.1 Å².